The number of para-hydroxylation sites is 1. The number of ether oxygens (including phenoxy) is 3. The van der Waals surface area contributed by atoms with Crippen molar-refractivity contribution in [2.24, 2.45) is 0 Å². The van der Waals surface area contributed by atoms with E-state index in [1.807, 2.05) is 30.3 Å². The lowest BCUT2D eigenvalue weighted by molar-refractivity contribution is 0.0602. The third kappa shape index (κ3) is 5.13. The molecule has 0 aliphatic carbocycles. The number of aromatic nitrogens is 1. The lowest BCUT2D eigenvalue weighted by atomic mass is 9.99. The van der Waals surface area contributed by atoms with Crippen LogP contribution in [0.25, 0.3) is 10.9 Å². The summed E-state index contributed by atoms with van der Waals surface area (Å²) in [5.41, 5.74) is 2.13. The average Bonchev–Trinajstić information content (AvgIpc) is 2.92. The molecule has 9 heteroatoms. The maximum atomic E-state index is 12.9. The normalized spacial score (nSPS) is 16.4. The zero-order valence-electron chi connectivity index (χ0n) is 20.9. The second-order valence-corrected chi connectivity index (χ2v) is 9.52. The van der Waals surface area contributed by atoms with Crippen molar-refractivity contribution >= 4 is 24.9 Å². The predicted octanol–water partition coefficient (Wildman–Crippen LogP) is 2.07. The second-order valence-electron chi connectivity index (χ2n) is 9.52. The molecule has 2 aliphatic heterocycles. The Morgan fingerprint density at radius 1 is 1.06 bits per heavy atom. The number of hydrogen-bond acceptors (Lipinski definition) is 7. The lowest BCUT2D eigenvalue weighted by Gasteiger charge is -2.37. The number of carbonyl (C=O) groups excluding carboxylic acids is 1. The largest absolute Gasteiger partial charge is 0.486 e. The van der Waals surface area contributed by atoms with Gasteiger partial charge in [0.05, 0.1) is 18.2 Å². The molecule has 0 radical (unpaired) electrons. The summed E-state index contributed by atoms with van der Waals surface area (Å²) >= 11 is 0. The standard InChI is InChI=1S/C27H32BN3O5/c1-34-27(33)22-17-26(32)30(23-5-3-2-4-21(22)23)13-12-29-10-8-20(9-11-29)31(28)18-19-6-7-24-25(16-19)36-15-14-35-24/h2-7,16-17,20H,8-15,18,28H2,1H3. The summed E-state index contributed by atoms with van der Waals surface area (Å²) in [6.45, 7) is 5.43. The van der Waals surface area contributed by atoms with Crippen molar-refractivity contribution < 1.29 is 19.0 Å². The van der Waals surface area contributed by atoms with Crippen LogP contribution in [0.2, 0.25) is 0 Å². The van der Waals surface area contributed by atoms with Crippen LogP contribution >= 0.6 is 0 Å². The Bertz CT molecular complexity index is 1300. The maximum Gasteiger partial charge on any atom is 0.338 e. The number of nitrogens with zero attached hydrogens (tertiary/aromatic N) is 3. The van der Waals surface area contributed by atoms with E-state index in [4.69, 9.17) is 14.2 Å². The number of likely N-dealkylation sites (tertiary alicyclic amines) is 1. The average molecular weight is 489 g/mol. The Hall–Kier alpha value is -3.30. The first kappa shape index (κ1) is 24.4. The van der Waals surface area contributed by atoms with Gasteiger partial charge in [0.1, 0.15) is 13.2 Å². The predicted molar refractivity (Wildman–Crippen MR) is 141 cm³/mol. The van der Waals surface area contributed by atoms with Gasteiger partial charge >= 0.3 is 5.97 Å². The minimum Gasteiger partial charge on any atom is -0.486 e. The van der Waals surface area contributed by atoms with Gasteiger partial charge in [-0.1, -0.05) is 24.3 Å². The van der Waals surface area contributed by atoms with Gasteiger partial charge in [0.15, 0.2) is 19.5 Å². The van der Waals surface area contributed by atoms with Gasteiger partial charge in [-0.2, -0.15) is 0 Å². The smallest absolute Gasteiger partial charge is 0.338 e. The summed E-state index contributed by atoms with van der Waals surface area (Å²) < 4.78 is 18.0. The Labute approximate surface area is 211 Å². The summed E-state index contributed by atoms with van der Waals surface area (Å²) in [7, 11) is 3.52. The highest BCUT2D eigenvalue weighted by Gasteiger charge is 2.23. The van der Waals surface area contributed by atoms with Gasteiger partial charge in [-0.15, -0.1) is 0 Å². The van der Waals surface area contributed by atoms with Crippen LogP contribution in [0.1, 0.15) is 28.8 Å². The summed E-state index contributed by atoms with van der Waals surface area (Å²) in [6, 6.07) is 15.6. The van der Waals surface area contributed by atoms with E-state index in [2.05, 4.69) is 29.8 Å². The van der Waals surface area contributed by atoms with Gasteiger partial charge in [-0.25, -0.2) is 4.79 Å². The van der Waals surface area contributed by atoms with Crippen molar-refractivity contribution in [3.05, 3.63) is 70.0 Å². The fourth-order valence-corrected chi connectivity index (χ4v) is 5.27. The van der Waals surface area contributed by atoms with Gasteiger partial charge in [-0.05, 0) is 49.7 Å². The Balaban J connectivity index is 1.18. The van der Waals surface area contributed by atoms with Crippen molar-refractivity contribution in [1.29, 1.82) is 0 Å². The van der Waals surface area contributed by atoms with Crippen molar-refractivity contribution in [1.82, 2.24) is 14.3 Å². The lowest BCUT2D eigenvalue weighted by Crippen LogP contribution is -2.44. The van der Waals surface area contributed by atoms with Crippen molar-refractivity contribution in [2.45, 2.75) is 32.0 Å². The molecule has 188 valence electrons. The third-order valence-corrected chi connectivity index (χ3v) is 7.28. The SMILES string of the molecule is BN(Cc1ccc2c(c1)OCCO2)C1CCN(CCn2c(=O)cc(C(=O)OC)c3ccccc32)CC1. The van der Waals surface area contributed by atoms with E-state index in [0.717, 1.165) is 61.4 Å². The molecular formula is C27H32BN3O5. The quantitative estimate of drug-likeness (QED) is 0.372. The molecule has 3 heterocycles. The van der Waals surface area contributed by atoms with E-state index in [1.165, 1.54) is 18.7 Å². The molecule has 8 nitrogen and oxygen atoms in total. The van der Waals surface area contributed by atoms with E-state index in [1.54, 1.807) is 4.57 Å². The molecule has 0 spiro atoms. The van der Waals surface area contributed by atoms with Crippen LogP contribution in [0.15, 0.2) is 53.3 Å². The molecule has 1 aromatic heterocycles. The first-order valence-corrected chi connectivity index (χ1v) is 12.6. The zero-order valence-corrected chi connectivity index (χ0v) is 20.9. The fourth-order valence-electron chi connectivity index (χ4n) is 5.27. The molecular weight excluding hydrogens is 457 g/mol. The van der Waals surface area contributed by atoms with Crippen LogP contribution in [0.5, 0.6) is 11.5 Å². The number of carbonyl (C=O) groups is 1. The molecule has 1 saturated heterocycles. The Kier molecular flexibility index (Phi) is 7.29. The number of benzene rings is 2. The van der Waals surface area contributed by atoms with Crippen LogP contribution in [0.4, 0.5) is 0 Å². The molecule has 2 aromatic carbocycles. The summed E-state index contributed by atoms with van der Waals surface area (Å²) in [5.74, 6) is 1.18. The van der Waals surface area contributed by atoms with E-state index in [9.17, 15) is 9.59 Å². The van der Waals surface area contributed by atoms with Crippen molar-refractivity contribution in [2.75, 3.05) is 40.0 Å². The molecule has 36 heavy (non-hydrogen) atoms. The van der Waals surface area contributed by atoms with Crippen LogP contribution in [-0.4, -0.2) is 74.2 Å². The number of fused-ring (bicyclic) bond motifs is 2. The summed E-state index contributed by atoms with van der Waals surface area (Å²) in [6.07, 6.45) is 2.16. The number of piperidine rings is 1. The number of methoxy groups -OCH3 is 1. The fraction of sp³-hybridized carbons (Fsp3) is 0.407. The molecule has 5 rings (SSSR count). The highest BCUT2D eigenvalue weighted by Crippen LogP contribution is 2.31. The van der Waals surface area contributed by atoms with E-state index in [-0.39, 0.29) is 5.56 Å². The highest BCUT2D eigenvalue weighted by molar-refractivity contribution is 6.04. The molecule has 2 aliphatic rings. The topological polar surface area (TPSA) is 73.2 Å². The van der Waals surface area contributed by atoms with Gasteiger partial charge in [0.2, 0.25) is 0 Å². The molecule has 0 saturated carbocycles. The minimum atomic E-state index is -0.488. The van der Waals surface area contributed by atoms with Crippen LogP contribution in [0, 0.1) is 0 Å². The van der Waals surface area contributed by atoms with Crippen molar-refractivity contribution in [3.63, 3.8) is 0 Å². The van der Waals surface area contributed by atoms with Gasteiger partial charge < -0.3 is 28.5 Å². The maximum absolute atomic E-state index is 12.9. The third-order valence-electron chi connectivity index (χ3n) is 7.28. The summed E-state index contributed by atoms with van der Waals surface area (Å²) in [5, 5.41) is 0.739. The summed E-state index contributed by atoms with van der Waals surface area (Å²) in [4.78, 5) is 29.9. The second kappa shape index (κ2) is 10.8. The molecule has 0 N–H and O–H groups in total. The van der Waals surface area contributed by atoms with E-state index < -0.39 is 5.97 Å². The van der Waals surface area contributed by atoms with E-state index >= 15 is 0 Å². The number of hydrogen-bond donors (Lipinski definition) is 0. The minimum absolute atomic E-state index is 0.178. The van der Waals surface area contributed by atoms with Crippen molar-refractivity contribution in [3.8, 4) is 11.5 Å². The Morgan fingerprint density at radius 3 is 2.58 bits per heavy atom. The first-order chi connectivity index (χ1) is 17.5. The van der Waals surface area contributed by atoms with Crippen LogP contribution in [-0.2, 0) is 17.8 Å². The first-order valence-electron chi connectivity index (χ1n) is 12.6. The number of esters is 1. The number of rotatable bonds is 7. The molecule has 0 bridgehead atoms. The molecule has 0 atom stereocenters. The monoisotopic (exact) mass is 489 g/mol. The van der Waals surface area contributed by atoms with E-state index in [0.29, 0.717) is 31.4 Å². The Morgan fingerprint density at radius 2 is 1.81 bits per heavy atom. The van der Waals surface area contributed by atoms with Crippen LogP contribution < -0.4 is 15.0 Å². The van der Waals surface area contributed by atoms with Gasteiger partial charge in [0, 0.05) is 37.1 Å². The molecule has 3 aromatic rings. The molecule has 1 fully saturated rings. The van der Waals surface area contributed by atoms with Gasteiger partial charge in [-0.3, -0.25) is 4.79 Å². The zero-order chi connectivity index (χ0) is 25.1. The van der Waals surface area contributed by atoms with Crippen LogP contribution in [0.3, 0.4) is 0 Å². The molecule has 0 amide bonds. The number of pyridine rings is 1. The van der Waals surface area contributed by atoms with Gasteiger partial charge in [0.25, 0.3) is 5.56 Å². The highest BCUT2D eigenvalue weighted by atomic mass is 16.6. The molecule has 0 unspecified atom stereocenters.